The van der Waals surface area contributed by atoms with Gasteiger partial charge in [-0.3, -0.25) is 4.79 Å². The number of hydrogen-bond acceptors (Lipinski definition) is 5. The minimum atomic E-state index is -0.848. The molecule has 0 amide bonds. The fourth-order valence-corrected chi connectivity index (χ4v) is 4.66. The molecule has 2 heterocycles. The molecule has 0 aliphatic carbocycles. The third-order valence-corrected chi connectivity index (χ3v) is 6.46. The van der Waals surface area contributed by atoms with E-state index in [-0.39, 0.29) is 18.4 Å². The number of carbonyl (C=O) groups is 2. The molecule has 5 atom stereocenters. The molecule has 6 nitrogen and oxygen atoms in total. The molecule has 1 aromatic carbocycles. The number of benzene rings is 1. The molecule has 0 unspecified atom stereocenters. The average Bonchev–Trinajstić information content (AvgIpc) is 3.07. The van der Waals surface area contributed by atoms with Gasteiger partial charge in [-0.1, -0.05) is 56.7 Å². The number of unbranched alkanes of at least 4 members (excludes halogenated alkanes) is 1. The van der Waals surface area contributed by atoms with Gasteiger partial charge in [-0.2, -0.15) is 0 Å². The number of aryl methyl sites for hydroxylation is 1. The fraction of sp³-hybridized carbons (Fsp3) is 0.630. The number of carboxylic acids is 1. The van der Waals surface area contributed by atoms with Crippen molar-refractivity contribution < 1.29 is 28.9 Å². The van der Waals surface area contributed by atoms with E-state index in [1.165, 1.54) is 0 Å². The standard InChI is InChI=1S/C27H38O6/c1-18-9-7-10-19(2)24(21-13-8-12-20(17-21)11-5-6-14-23(28)29)31-26(30)25-22(16-15-18)32-27(3,4)33-25/h8,12-13,15-19,22,24-25H,5-7,9-11,14H2,1-4H3,(H,28,29)/b16-15+/t18-,19+,22-,24+,25-/m1/s1. The van der Waals surface area contributed by atoms with Crippen LogP contribution < -0.4 is 0 Å². The van der Waals surface area contributed by atoms with Crippen molar-refractivity contribution in [2.45, 2.75) is 96.7 Å². The Hall–Kier alpha value is -2.18. The van der Waals surface area contributed by atoms with E-state index < -0.39 is 29.9 Å². The summed E-state index contributed by atoms with van der Waals surface area (Å²) in [7, 11) is 0. The van der Waals surface area contributed by atoms with Crippen LogP contribution in [-0.2, 0) is 30.2 Å². The molecule has 1 N–H and O–H groups in total. The number of aliphatic carboxylic acids is 1. The van der Waals surface area contributed by atoms with Crippen LogP contribution >= 0.6 is 0 Å². The molecular formula is C27H38O6. The van der Waals surface area contributed by atoms with Gasteiger partial charge in [0.2, 0.25) is 0 Å². The van der Waals surface area contributed by atoms with Crippen LogP contribution in [0, 0.1) is 11.8 Å². The molecule has 2 aliphatic heterocycles. The van der Waals surface area contributed by atoms with E-state index in [0.29, 0.717) is 12.3 Å². The van der Waals surface area contributed by atoms with Crippen molar-refractivity contribution in [3.8, 4) is 0 Å². The zero-order valence-corrected chi connectivity index (χ0v) is 20.3. The number of rotatable bonds is 6. The van der Waals surface area contributed by atoms with E-state index in [0.717, 1.165) is 43.2 Å². The molecule has 0 radical (unpaired) electrons. The molecule has 3 rings (SSSR count). The maximum Gasteiger partial charge on any atom is 0.339 e. The van der Waals surface area contributed by atoms with Gasteiger partial charge in [0.05, 0.1) is 0 Å². The summed E-state index contributed by atoms with van der Waals surface area (Å²) in [6, 6.07) is 8.14. The Bertz CT molecular complexity index is 845. The summed E-state index contributed by atoms with van der Waals surface area (Å²) < 4.78 is 18.0. The summed E-state index contributed by atoms with van der Waals surface area (Å²) in [5.41, 5.74) is 2.10. The summed E-state index contributed by atoms with van der Waals surface area (Å²) in [6.45, 7) is 7.96. The molecule has 0 spiro atoms. The van der Waals surface area contributed by atoms with Crippen LogP contribution in [0.1, 0.15) is 83.5 Å². The Morgan fingerprint density at radius 2 is 1.88 bits per heavy atom. The van der Waals surface area contributed by atoms with E-state index in [1.54, 1.807) is 0 Å². The Labute approximate surface area is 197 Å². The van der Waals surface area contributed by atoms with Crippen LogP contribution in [0.4, 0.5) is 0 Å². The molecule has 182 valence electrons. The molecule has 33 heavy (non-hydrogen) atoms. The van der Waals surface area contributed by atoms with Gasteiger partial charge >= 0.3 is 11.9 Å². The van der Waals surface area contributed by atoms with Gasteiger partial charge < -0.3 is 19.3 Å². The third kappa shape index (κ3) is 7.41. The van der Waals surface area contributed by atoms with E-state index in [2.05, 4.69) is 26.0 Å². The van der Waals surface area contributed by atoms with Crippen molar-refractivity contribution in [2.24, 2.45) is 11.8 Å². The quantitative estimate of drug-likeness (QED) is 0.339. The maximum atomic E-state index is 13.3. The number of allylic oxidation sites excluding steroid dienone is 1. The second-order valence-corrected chi connectivity index (χ2v) is 9.99. The van der Waals surface area contributed by atoms with Crippen molar-refractivity contribution in [1.82, 2.24) is 0 Å². The minimum Gasteiger partial charge on any atom is -0.481 e. The molecule has 1 aromatic rings. The highest BCUT2D eigenvalue weighted by molar-refractivity contribution is 5.76. The predicted molar refractivity (Wildman–Crippen MR) is 126 cm³/mol. The van der Waals surface area contributed by atoms with Crippen LogP contribution in [-0.4, -0.2) is 35.0 Å². The Balaban J connectivity index is 1.80. The lowest BCUT2D eigenvalue weighted by molar-refractivity contribution is -0.176. The normalized spacial score (nSPS) is 31.0. The average molecular weight is 459 g/mol. The molecule has 0 aromatic heterocycles. The molecule has 6 heteroatoms. The van der Waals surface area contributed by atoms with Gasteiger partial charge in [0.25, 0.3) is 0 Å². The number of fused-ring (bicyclic) bond motifs is 1. The summed E-state index contributed by atoms with van der Waals surface area (Å²) in [6.07, 6.45) is 7.94. The monoisotopic (exact) mass is 458 g/mol. The Morgan fingerprint density at radius 1 is 1.09 bits per heavy atom. The van der Waals surface area contributed by atoms with Crippen LogP contribution in [0.2, 0.25) is 0 Å². The Morgan fingerprint density at radius 3 is 2.64 bits per heavy atom. The summed E-state index contributed by atoms with van der Waals surface area (Å²) in [5, 5.41) is 8.85. The largest absolute Gasteiger partial charge is 0.481 e. The van der Waals surface area contributed by atoms with Crippen molar-refractivity contribution in [3.05, 3.63) is 47.5 Å². The first kappa shape index (κ1) is 25.4. The SMILES string of the molecule is C[C@H]1/C=C/[C@H]2OC(C)(C)O[C@H]2C(=O)O[C@H](c2cccc(CCCCC(=O)O)c2)[C@@H](C)CCC1. The smallest absolute Gasteiger partial charge is 0.339 e. The van der Waals surface area contributed by atoms with E-state index in [4.69, 9.17) is 19.3 Å². The fourth-order valence-electron chi connectivity index (χ4n) is 4.66. The number of carboxylic acid groups (broad SMARTS) is 1. The van der Waals surface area contributed by atoms with Crippen LogP contribution in [0.15, 0.2) is 36.4 Å². The summed E-state index contributed by atoms with van der Waals surface area (Å²) in [5.74, 6) is -1.46. The second kappa shape index (κ2) is 11.3. The van der Waals surface area contributed by atoms with E-state index >= 15 is 0 Å². The maximum absolute atomic E-state index is 13.3. The topological polar surface area (TPSA) is 82.1 Å². The van der Waals surface area contributed by atoms with Gasteiger partial charge in [0.1, 0.15) is 12.2 Å². The molecule has 0 saturated carbocycles. The van der Waals surface area contributed by atoms with Gasteiger partial charge in [-0.25, -0.2) is 4.79 Å². The van der Waals surface area contributed by atoms with Gasteiger partial charge in [0, 0.05) is 6.42 Å². The van der Waals surface area contributed by atoms with Crippen LogP contribution in [0.5, 0.6) is 0 Å². The highest BCUT2D eigenvalue weighted by atomic mass is 16.8. The van der Waals surface area contributed by atoms with Gasteiger partial charge in [-0.15, -0.1) is 0 Å². The molecule has 1 saturated heterocycles. The lowest BCUT2D eigenvalue weighted by Crippen LogP contribution is -2.34. The van der Waals surface area contributed by atoms with Crippen molar-refractivity contribution in [1.29, 1.82) is 0 Å². The third-order valence-electron chi connectivity index (χ3n) is 6.46. The van der Waals surface area contributed by atoms with Crippen LogP contribution in [0.25, 0.3) is 0 Å². The Kier molecular flexibility index (Phi) is 8.71. The second-order valence-electron chi connectivity index (χ2n) is 9.99. The highest BCUT2D eigenvalue weighted by Gasteiger charge is 2.46. The number of hydrogen-bond donors (Lipinski definition) is 1. The highest BCUT2D eigenvalue weighted by Crippen LogP contribution is 2.36. The van der Waals surface area contributed by atoms with E-state index in [9.17, 15) is 9.59 Å². The first-order valence-corrected chi connectivity index (χ1v) is 12.2. The lowest BCUT2D eigenvalue weighted by atomic mass is 9.89. The van der Waals surface area contributed by atoms with Crippen molar-refractivity contribution in [3.63, 3.8) is 0 Å². The predicted octanol–water partition coefficient (Wildman–Crippen LogP) is 5.60. The number of carbonyl (C=O) groups excluding carboxylic acids is 1. The van der Waals surface area contributed by atoms with E-state index in [1.807, 2.05) is 38.1 Å². The first-order valence-electron chi connectivity index (χ1n) is 12.2. The summed E-state index contributed by atoms with van der Waals surface area (Å²) in [4.78, 5) is 24.0. The number of esters is 1. The molecule has 0 bridgehead atoms. The number of ether oxygens (including phenoxy) is 3. The number of cyclic esters (lactones) is 1. The molecule has 2 aliphatic rings. The van der Waals surface area contributed by atoms with Crippen molar-refractivity contribution in [2.75, 3.05) is 0 Å². The first-order chi connectivity index (χ1) is 15.6. The zero-order chi connectivity index (χ0) is 24.0. The van der Waals surface area contributed by atoms with Gasteiger partial charge in [-0.05, 0) is 68.9 Å². The summed E-state index contributed by atoms with van der Waals surface area (Å²) >= 11 is 0. The zero-order valence-electron chi connectivity index (χ0n) is 20.3. The van der Waals surface area contributed by atoms with Crippen LogP contribution in [0.3, 0.4) is 0 Å². The molecular weight excluding hydrogens is 420 g/mol. The molecule has 1 fully saturated rings. The van der Waals surface area contributed by atoms with Crippen molar-refractivity contribution >= 4 is 11.9 Å². The lowest BCUT2D eigenvalue weighted by Gasteiger charge is -2.27. The minimum absolute atomic E-state index is 0.153. The van der Waals surface area contributed by atoms with Gasteiger partial charge in [0.15, 0.2) is 11.9 Å².